The number of methoxy groups -OCH3 is 2. The first-order chi connectivity index (χ1) is 15.0. The summed E-state index contributed by atoms with van der Waals surface area (Å²) in [6, 6.07) is 9.69. The van der Waals surface area contributed by atoms with Crippen LogP contribution in [0.5, 0.6) is 0 Å². The summed E-state index contributed by atoms with van der Waals surface area (Å²) in [6.45, 7) is 3.90. The molecule has 31 heavy (non-hydrogen) atoms. The Morgan fingerprint density at radius 2 is 1.65 bits per heavy atom. The molecule has 1 fully saturated rings. The van der Waals surface area contributed by atoms with Crippen molar-refractivity contribution in [2.24, 2.45) is 0 Å². The molecule has 1 heterocycles. The van der Waals surface area contributed by atoms with E-state index in [1.807, 2.05) is 30.3 Å². The number of rotatable bonds is 9. The fraction of sp³-hybridized carbons (Fsp3) is 0.458. The van der Waals surface area contributed by atoms with E-state index in [1.54, 1.807) is 6.92 Å². The van der Waals surface area contributed by atoms with Gasteiger partial charge in [0.05, 0.1) is 33.0 Å². The van der Waals surface area contributed by atoms with Gasteiger partial charge in [0.1, 0.15) is 6.29 Å². The van der Waals surface area contributed by atoms with Crippen molar-refractivity contribution in [3.05, 3.63) is 58.6 Å². The fourth-order valence-electron chi connectivity index (χ4n) is 4.66. The van der Waals surface area contributed by atoms with E-state index in [0.717, 1.165) is 11.8 Å². The second-order valence-corrected chi connectivity index (χ2v) is 7.61. The van der Waals surface area contributed by atoms with Gasteiger partial charge in [0.15, 0.2) is 0 Å². The normalized spacial score (nSPS) is 20.0. The maximum Gasteiger partial charge on any atom is 0.230 e. The van der Waals surface area contributed by atoms with E-state index < -0.39 is 5.54 Å². The van der Waals surface area contributed by atoms with Crippen LogP contribution < -0.4 is 0 Å². The molecule has 1 saturated heterocycles. The number of hydrogen-bond donors (Lipinski definition) is 0. The number of hydrogen-bond acceptors (Lipinski definition) is 7. The summed E-state index contributed by atoms with van der Waals surface area (Å²) in [4.78, 5) is 40.3. The molecule has 0 amide bonds. The Morgan fingerprint density at radius 1 is 1.03 bits per heavy atom. The Bertz CT molecular complexity index is 898. The molecule has 166 valence electrons. The molecule has 0 N–H and O–H groups in total. The van der Waals surface area contributed by atoms with E-state index >= 15 is 0 Å². The van der Waals surface area contributed by atoms with Crippen LogP contribution in [-0.4, -0.2) is 63.3 Å². The number of ether oxygens (including phenoxy) is 3. The Kier molecular flexibility index (Phi) is 7.41. The van der Waals surface area contributed by atoms with E-state index in [2.05, 4.69) is 4.90 Å². The number of allylic oxidation sites excluding steroid dienone is 2. The molecule has 1 atom stereocenters. The molecule has 1 aromatic rings. The minimum atomic E-state index is -0.895. The van der Waals surface area contributed by atoms with Gasteiger partial charge < -0.3 is 19.0 Å². The molecule has 1 unspecified atom stereocenters. The van der Waals surface area contributed by atoms with Crippen molar-refractivity contribution in [2.45, 2.75) is 31.7 Å². The zero-order valence-electron chi connectivity index (χ0n) is 18.3. The number of benzene rings is 1. The largest absolute Gasteiger partial charge is 0.489 e. The summed E-state index contributed by atoms with van der Waals surface area (Å²) in [7, 11) is 2.72. The summed E-state index contributed by atoms with van der Waals surface area (Å²) in [5.74, 6) is -0.890. The summed E-state index contributed by atoms with van der Waals surface area (Å²) in [5, 5.41) is 0. The van der Waals surface area contributed by atoms with Crippen LogP contribution in [0.4, 0.5) is 0 Å². The number of carbonyl (C=O) groups is 3. The van der Waals surface area contributed by atoms with E-state index in [0.29, 0.717) is 56.7 Å². The highest BCUT2D eigenvalue weighted by atomic mass is 16.5. The van der Waals surface area contributed by atoms with Crippen LogP contribution in [0.25, 0.3) is 0 Å². The zero-order valence-corrected chi connectivity index (χ0v) is 18.3. The lowest BCUT2D eigenvalue weighted by Gasteiger charge is -2.48. The van der Waals surface area contributed by atoms with Crippen LogP contribution in [0, 0.1) is 0 Å². The number of carbonyl (C=O) groups excluding carboxylic acids is 3. The van der Waals surface area contributed by atoms with Gasteiger partial charge in [0.25, 0.3) is 0 Å². The van der Waals surface area contributed by atoms with Gasteiger partial charge in [-0.15, -0.1) is 0 Å². The fourth-order valence-corrected chi connectivity index (χ4v) is 4.66. The van der Waals surface area contributed by atoms with Crippen LogP contribution in [0.2, 0.25) is 0 Å². The third kappa shape index (κ3) is 4.07. The number of nitrogens with zero attached hydrogens (tertiary/aromatic N) is 1. The van der Waals surface area contributed by atoms with Crippen molar-refractivity contribution >= 4 is 17.9 Å². The van der Waals surface area contributed by atoms with Crippen molar-refractivity contribution in [3.63, 3.8) is 0 Å². The van der Waals surface area contributed by atoms with Crippen LogP contribution in [0.15, 0.2) is 53.0 Å². The molecule has 1 aliphatic carbocycles. The number of morpholine rings is 1. The van der Waals surface area contributed by atoms with Crippen LogP contribution >= 0.6 is 0 Å². The quantitative estimate of drug-likeness (QED) is 0.340. The summed E-state index contributed by atoms with van der Waals surface area (Å²) in [6.07, 6.45) is 2.31. The predicted molar refractivity (Wildman–Crippen MR) is 114 cm³/mol. The van der Waals surface area contributed by atoms with Gasteiger partial charge in [-0.05, 0) is 25.3 Å². The Balaban J connectivity index is 2.28. The predicted octanol–water partition coefficient (Wildman–Crippen LogP) is 2.56. The third-order valence-electron chi connectivity index (χ3n) is 6.05. The molecule has 0 spiro atoms. The molecular weight excluding hydrogens is 398 g/mol. The smallest absolute Gasteiger partial charge is 0.230 e. The van der Waals surface area contributed by atoms with Crippen molar-refractivity contribution in [1.82, 2.24) is 4.90 Å². The molecule has 0 radical (unpaired) electrons. The summed E-state index contributed by atoms with van der Waals surface area (Å²) >= 11 is 0. The number of Topliss-reactive ketones (excluding diaryl/α,β-unsaturated/α-hetero) is 2. The van der Waals surface area contributed by atoms with E-state index in [4.69, 9.17) is 14.2 Å². The highest BCUT2D eigenvalue weighted by Gasteiger charge is 2.50. The second-order valence-electron chi connectivity index (χ2n) is 7.61. The van der Waals surface area contributed by atoms with Gasteiger partial charge in [0, 0.05) is 30.7 Å². The summed E-state index contributed by atoms with van der Waals surface area (Å²) < 4.78 is 16.2. The summed E-state index contributed by atoms with van der Waals surface area (Å²) in [5.41, 5.74) is 0.723. The minimum Gasteiger partial charge on any atom is -0.489 e. The first-order valence-corrected chi connectivity index (χ1v) is 10.5. The number of aldehydes is 1. The van der Waals surface area contributed by atoms with Crippen molar-refractivity contribution in [1.29, 1.82) is 0 Å². The maximum atomic E-state index is 13.8. The molecule has 1 aromatic carbocycles. The van der Waals surface area contributed by atoms with Crippen LogP contribution in [0.3, 0.4) is 0 Å². The highest BCUT2D eigenvalue weighted by molar-refractivity contribution is 6.24. The van der Waals surface area contributed by atoms with Crippen molar-refractivity contribution in [3.8, 4) is 0 Å². The lowest BCUT2D eigenvalue weighted by molar-refractivity contribution is -0.123. The molecule has 7 nitrogen and oxygen atoms in total. The van der Waals surface area contributed by atoms with Gasteiger partial charge in [-0.25, -0.2) is 0 Å². The van der Waals surface area contributed by atoms with Gasteiger partial charge in [-0.3, -0.25) is 14.5 Å². The standard InChI is InChI=1S/C24H29NO6/c1-17-19(21(28)23(30-3)22(29-2)20(17)27)24(11-7-8-14-26,18-9-5-4-6-10-18)25-12-15-31-16-13-25/h4-6,9-10,14H,7-8,11-13,15-16H2,1-3H3. The van der Waals surface area contributed by atoms with E-state index in [1.165, 1.54) is 14.2 Å². The van der Waals surface area contributed by atoms with Gasteiger partial charge in [-0.2, -0.15) is 0 Å². The topological polar surface area (TPSA) is 82.1 Å². The maximum absolute atomic E-state index is 13.8. The first kappa shape index (κ1) is 22.9. The molecule has 7 heteroatoms. The number of ketones is 2. The first-order valence-electron chi connectivity index (χ1n) is 10.5. The zero-order chi connectivity index (χ0) is 22.4. The average molecular weight is 427 g/mol. The highest BCUT2D eigenvalue weighted by Crippen LogP contribution is 2.46. The molecule has 0 aromatic heterocycles. The molecule has 1 aliphatic heterocycles. The molecular formula is C24H29NO6. The second kappa shape index (κ2) is 10.0. The lowest BCUT2D eigenvalue weighted by Crippen LogP contribution is -2.55. The Hall–Kier alpha value is -2.77. The van der Waals surface area contributed by atoms with E-state index in [-0.39, 0.29) is 23.1 Å². The third-order valence-corrected chi connectivity index (χ3v) is 6.05. The number of unbranched alkanes of at least 4 members (excludes halogenated alkanes) is 1. The lowest BCUT2D eigenvalue weighted by atomic mass is 9.71. The SMILES string of the molecule is COC1=C(OC)C(=O)C(C(CCCC=O)(c2ccccc2)N2CCOCC2)=C(C)C1=O. The van der Waals surface area contributed by atoms with Crippen molar-refractivity contribution in [2.75, 3.05) is 40.5 Å². The van der Waals surface area contributed by atoms with Crippen LogP contribution in [-0.2, 0) is 34.1 Å². The molecule has 2 aliphatic rings. The van der Waals surface area contributed by atoms with Gasteiger partial charge in [-0.1, -0.05) is 30.3 Å². The molecule has 3 rings (SSSR count). The van der Waals surface area contributed by atoms with E-state index in [9.17, 15) is 14.4 Å². The molecule has 0 saturated carbocycles. The Morgan fingerprint density at radius 3 is 2.23 bits per heavy atom. The molecule has 0 bridgehead atoms. The minimum absolute atomic E-state index is 0.0782. The average Bonchev–Trinajstić information content (AvgIpc) is 2.81. The van der Waals surface area contributed by atoms with Gasteiger partial charge >= 0.3 is 0 Å². The van der Waals surface area contributed by atoms with Gasteiger partial charge in [0.2, 0.25) is 23.1 Å². The van der Waals surface area contributed by atoms with Crippen LogP contribution in [0.1, 0.15) is 31.7 Å². The van der Waals surface area contributed by atoms with Crippen molar-refractivity contribution < 1.29 is 28.6 Å². The monoisotopic (exact) mass is 427 g/mol. The Labute approximate surface area is 182 Å².